The molecule has 7 heteroatoms. The van der Waals surface area contributed by atoms with Crippen LogP contribution in [-0.4, -0.2) is 41.3 Å². The highest BCUT2D eigenvalue weighted by Crippen LogP contribution is 2.30. The van der Waals surface area contributed by atoms with Crippen molar-refractivity contribution >= 4 is 11.6 Å². The van der Waals surface area contributed by atoms with Gasteiger partial charge in [0.2, 0.25) is 0 Å². The van der Waals surface area contributed by atoms with Crippen molar-refractivity contribution in [3.63, 3.8) is 0 Å². The molecule has 136 valence electrons. The lowest BCUT2D eigenvalue weighted by molar-refractivity contribution is 0.0949. The van der Waals surface area contributed by atoms with Gasteiger partial charge in [-0.15, -0.1) is 0 Å². The number of aryl methyl sites for hydroxylation is 2. The van der Waals surface area contributed by atoms with Gasteiger partial charge in [0, 0.05) is 25.0 Å². The average Bonchev–Trinajstić information content (AvgIpc) is 3.03. The van der Waals surface area contributed by atoms with Crippen LogP contribution in [0.3, 0.4) is 0 Å². The van der Waals surface area contributed by atoms with Crippen LogP contribution in [0.5, 0.6) is 11.5 Å². The molecule has 0 radical (unpaired) electrons. The highest BCUT2D eigenvalue weighted by molar-refractivity contribution is 5.97. The standard InChI is InChI=1S/C19H22N4O3/c1-13-10-17-21-11-14(12-23(17)22-13)6-5-9-20-19(24)15-7-4-8-16(25-2)18(15)26-3/h4,7-8,10-12H,5-6,9H2,1-3H3,(H,20,24). The Labute approximate surface area is 152 Å². The van der Waals surface area contributed by atoms with E-state index >= 15 is 0 Å². The van der Waals surface area contributed by atoms with Gasteiger partial charge in [-0.05, 0) is 37.5 Å². The van der Waals surface area contributed by atoms with E-state index in [2.05, 4.69) is 15.4 Å². The van der Waals surface area contributed by atoms with E-state index < -0.39 is 0 Å². The summed E-state index contributed by atoms with van der Waals surface area (Å²) in [5.74, 6) is 0.794. The fourth-order valence-electron chi connectivity index (χ4n) is 2.82. The molecule has 0 atom stereocenters. The first-order valence-electron chi connectivity index (χ1n) is 8.42. The van der Waals surface area contributed by atoms with Gasteiger partial charge in [-0.2, -0.15) is 5.10 Å². The van der Waals surface area contributed by atoms with E-state index in [1.807, 2.05) is 25.4 Å². The summed E-state index contributed by atoms with van der Waals surface area (Å²) in [5, 5.41) is 7.28. The number of rotatable bonds is 7. The number of nitrogens with one attached hydrogen (secondary N) is 1. The molecule has 1 N–H and O–H groups in total. The van der Waals surface area contributed by atoms with Crippen LogP contribution in [0.2, 0.25) is 0 Å². The minimum Gasteiger partial charge on any atom is -0.493 e. The Balaban J connectivity index is 1.56. The minimum absolute atomic E-state index is 0.183. The van der Waals surface area contributed by atoms with Crippen LogP contribution in [-0.2, 0) is 6.42 Å². The van der Waals surface area contributed by atoms with Gasteiger partial charge in [0.15, 0.2) is 17.1 Å². The third kappa shape index (κ3) is 3.77. The highest BCUT2D eigenvalue weighted by atomic mass is 16.5. The molecule has 2 aromatic heterocycles. The molecule has 0 spiro atoms. The molecular weight excluding hydrogens is 332 g/mol. The van der Waals surface area contributed by atoms with E-state index in [4.69, 9.17) is 9.47 Å². The molecule has 0 saturated heterocycles. The summed E-state index contributed by atoms with van der Waals surface area (Å²) in [4.78, 5) is 16.8. The Morgan fingerprint density at radius 3 is 2.88 bits per heavy atom. The number of nitrogens with zero attached hydrogens (tertiary/aromatic N) is 3. The fourth-order valence-corrected chi connectivity index (χ4v) is 2.82. The number of carbonyl (C=O) groups excluding carboxylic acids is 1. The maximum Gasteiger partial charge on any atom is 0.255 e. The third-order valence-electron chi connectivity index (χ3n) is 4.06. The highest BCUT2D eigenvalue weighted by Gasteiger charge is 2.15. The second-order valence-electron chi connectivity index (χ2n) is 5.95. The fraction of sp³-hybridized carbons (Fsp3) is 0.316. The van der Waals surface area contributed by atoms with Crippen molar-refractivity contribution < 1.29 is 14.3 Å². The number of amides is 1. The Kier molecular flexibility index (Phi) is 5.36. The van der Waals surface area contributed by atoms with Crippen molar-refractivity contribution in [3.8, 4) is 11.5 Å². The second-order valence-corrected chi connectivity index (χ2v) is 5.95. The summed E-state index contributed by atoms with van der Waals surface area (Å²) in [6, 6.07) is 7.18. The molecular formula is C19H22N4O3. The van der Waals surface area contributed by atoms with Crippen LogP contribution >= 0.6 is 0 Å². The number of methoxy groups -OCH3 is 2. The lowest BCUT2D eigenvalue weighted by Crippen LogP contribution is -2.25. The Bertz CT molecular complexity index is 920. The van der Waals surface area contributed by atoms with Crippen molar-refractivity contribution in [1.82, 2.24) is 19.9 Å². The predicted molar refractivity (Wildman–Crippen MR) is 97.9 cm³/mol. The predicted octanol–water partition coefficient (Wildman–Crippen LogP) is 2.42. The number of benzene rings is 1. The molecule has 0 saturated carbocycles. The van der Waals surface area contributed by atoms with Gasteiger partial charge in [0.25, 0.3) is 5.91 Å². The van der Waals surface area contributed by atoms with E-state index in [1.54, 1.807) is 29.8 Å². The smallest absolute Gasteiger partial charge is 0.255 e. The maximum atomic E-state index is 12.4. The number of aromatic nitrogens is 3. The Hall–Kier alpha value is -3.09. The molecule has 0 aliphatic heterocycles. The molecule has 1 aromatic carbocycles. The monoisotopic (exact) mass is 354 g/mol. The molecule has 0 fully saturated rings. The molecule has 3 rings (SSSR count). The maximum absolute atomic E-state index is 12.4. The Morgan fingerprint density at radius 2 is 2.12 bits per heavy atom. The van der Waals surface area contributed by atoms with Crippen molar-refractivity contribution in [3.05, 3.63) is 53.5 Å². The van der Waals surface area contributed by atoms with Crippen LogP contribution in [0, 0.1) is 6.92 Å². The van der Waals surface area contributed by atoms with Crippen molar-refractivity contribution in [1.29, 1.82) is 0 Å². The lowest BCUT2D eigenvalue weighted by atomic mass is 10.1. The molecule has 0 unspecified atom stereocenters. The van der Waals surface area contributed by atoms with Gasteiger partial charge < -0.3 is 14.8 Å². The lowest BCUT2D eigenvalue weighted by Gasteiger charge is -2.12. The van der Waals surface area contributed by atoms with Crippen LogP contribution < -0.4 is 14.8 Å². The molecule has 0 bridgehead atoms. The van der Waals surface area contributed by atoms with Crippen molar-refractivity contribution in [2.45, 2.75) is 19.8 Å². The SMILES string of the molecule is COc1cccc(C(=O)NCCCc2cnc3cc(C)nn3c2)c1OC. The zero-order chi connectivity index (χ0) is 18.5. The third-order valence-corrected chi connectivity index (χ3v) is 4.06. The van der Waals surface area contributed by atoms with E-state index in [0.29, 0.717) is 23.6 Å². The second kappa shape index (κ2) is 7.86. The normalized spacial score (nSPS) is 10.7. The number of ether oxygens (including phenoxy) is 2. The first kappa shape index (κ1) is 17.7. The van der Waals surface area contributed by atoms with Crippen LogP contribution in [0.25, 0.3) is 5.65 Å². The Morgan fingerprint density at radius 1 is 1.27 bits per heavy atom. The molecule has 1 amide bonds. The largest absolute Gasteiger partial charge is 0.493 e. The van der Waals surface area contributed by atoms with Gasteiger partial charge in [0.1, 0.15) is 0 Å². The number of carbonyl (C=O) groups is 1. The van der Waals surface area contributed by atoms with Crippen molar-refractivity contribution in [2.75, 3.05) is 20.8 Å². The topological polar surface area (TPSA) is 77.8 Å². The summed E-state index contributed by atoms with van der Waals surface area (Å²) >= 11 is 0. The average molecular weight is 354 g/mol. The van der Waals surface area contributed by atoms with Crippen LogP contribution in [0.1, 0.15) is 28.0 Å². The summed E-state index contributed by atoms with van der Waals surface area (Å²) in [6.45, 7) is 2.49. The van der Waals surface area contributed by atoms with Gasteiger partial charge in [-0.25, -0.2) is 9.50 Å². The molecule has 26 heavy (non-hydrogen) atoms. The first-order valence-corrected chi connectivity index (χ1v) is 8.42. The van der Waals surface area contributed by atoms with Crippen LogP contribution in [0.15, 0.2) is 36.7 Å². The number of fused-ring (bicyclic) bond motifs is 1. The molecule has 0 aliphatic rings. The van der Waals surface area contributed by atoms with Gasteiger partial charge in [0.05, 0.1) is 25.5 Å². The quantitative estimate of drug-likeness (QED) is 0.659. The summed E-state index contributed by atoms with van der Waals surface area (Å²) in [7, 11) is 3.07. The summed E-state index contributed by atoms with van der Waals surface area (Å²) in [6.07, 6.45) is 5.43. The van der Waals surface area contributed by atoms with Gasteiger partial charge >= 0.3 is 0 Å². The number of hydrogen-bond donors (Lipinski definition) is 1. The summed E-state index contributed by atoms with van der Waals surface area (Å²) in [5.41, 5.74) is 3.31. The van der Waals surface area contributed by atoms with Crippen LogP contribution in [0.4, 0.5) is 0 Å². The molecule has 2 heterocycles. The van der Waals surface area contributed by atoms with E-state index in [0.717, 1.165) is 29.7 Å². The number of hydrogen-bond acceptors (Lipinski definition) is 5. The zero-order valence-corrected chi connectivity index (χ0v) is 15.2. The van der Waals surface area contributed by atoms with Gasteiger partial charge in [-0.1, -0.05) is 6.07 Å². The van der Waals surface area contributed by atoms with E-state index in [1.165, 1.54) is 7.11 Å². The van der Waals surface area contributed by atoms with Crippen molar-refractivity contribution in [2.24, 2.45) is 0 Å². The molecule has 7 nitrogen and oxygen atoms in total. The van der Waals surface area contributed by atoms with E-state index in [-0.39, 0.29) is 5.91 Å². The zero-order valence-electron chi connectivity index (χ0n) is 15.2. The van der Waals surface area contributed by atoms with E-state index in [9.17, 15) is 4.79 Å². The minimum atomic E-state index is -0.183. The number of para-hydroxylation sites is 1. The first-order chi connectivity index (χ1) is 12.6. The summed E-state index contributed by atoms with van der Waals surface area (Å²) < 4.78 is 12.3. The molecule has 0 aliphatic carbocycles. The molecule has 3 aromatic rings. The van der Waals surface area contributed by atoms with Gasteiger partial charge in [-0.3, -0.25) is 4.79 Å².